The molecular weight excluding hydrogens is 155 g/mol. The van der Waals surface area contributed by atoms with Crippen LogP contribution < -0.4 is 0 Å². The van der Waals surface area contributed by atoms with Crippen molar-refractivity contribution in [1.82, 2.24) is 0 Å². The summed E-state index contributed by atoms with van der Waals surface area (Å²) in [5.41, 5.74) is 0. The Labute approximate surface area is 75.3 Å². The molecule has 3 N–H and O–H groups in total. The molecule has 0 aromatic heterocycles. The summed E-state index contributed by atoms with van der Waals surface area (Å²) in [4.78, 5) is 23.6. The van der Waals surface area contributed by atoms with E-state index in [1.54, 1.807) is 0 Å². The van der Waals surface area contributed by atoms with E-state index in [-0.39, 0.29) is 40.4 Å². The Hall–Kier alpha value is 1.36. The molecule has 0 atom stereocenters. The summed E-state index contributed by atoms with van der Waals surface area (Å²) in [6, 6.07) is 0. The predicted molar refractivity (Wildman–Crippen MR) is 37.9 cm³/mol. The molecule has 0 heterocycles. The highest BCUT2D eigenvalue weighted by Gasteiger charge is 2.27. The minimum atomic E-state index is -4.13. The molecule has 0 aromatic rings. The van der Waals surface area contributed by atoms with E-state index in [0.29, 0.717) is 0 Å². The summed E-state index contributed by atoms with van der Waals surface area (Å²) in [5.74, 6) is 0. The van der Waals surface area contributed by atoms with Crippen molar-refractivity contribution in [3.63, 3.8) is 0 Å². The van der Waals surface area contributed by atoms with E-state index < -0.39 is 9.05 Å². The first-order valence-electron chi connectivity index (χ1n) is 1.28. The predicted octanol–water partition coefficient (Wildman–Crippen LogP) is -4.05. The standard InChI is InChI=1S/CH6O4Si.Al.Mg.5H/c1-5-6(2,3)4;;;;;;;/h2-4H,1H3;;;;;;;. The smallest absolute Gasteiger partial charge is 0.368 e. The Morgan fingerprint density at radius 1 is 1.25 bits per heavy atom. The van der Waals surface area contributed by atoms with Crippen LogP contribution in [-0.4, -0.2) is 71.0 Å². The van der Waals surface area contributed by atoms with Crippen molar-refractivity contribution in [1.29, 1.82) is 0 Å². The molecule has 0 saturated carbocycles. The van der Waals surface area contributed by atoms with Gasteiger partial charge in [-0.15, -0.1) is 0 Å². The van der Waals surface area contributed by atoms with Crippen LogP contribution in [0.5, 0.6) is 0 Å². The van der Waals surface area contributed by atoms with Gasteiger partial charge in [-0.1, -0.05) is 0 Å². The van der Waals surface area contributed by atoms with Gasteiger partial charge in [-0.2, -0.15) is 0 Å². The molecule has 0 unspecified atom stereocenters. The van der Waals surface area contributed by atoms with Gasteiger partial charge in [0.05, 0.1) is 0 Å². The molecule has 0 aromatic carbocycles. The SMILES string of the molecule is CO[Si](O)(O)O.[AlH3].[MgH2]. The zero-order valence-electron chi connectivity index (χ0n) is 3.25. The van der Waals surface area contributed by atoms with Gasteiger partial charge in [0, 0.05) is 7.11 Å². The van der Waals surface area contributed by atoms with E-state index in [4.69, 9.17) is 14.4 Å². The zero-order valence-corrected chi connectivity index (χ0v) is 4.25. The Morgan fingerprint density at radius 2 is 1.38 bits per heavy atom. The van der Waals surface area contributed by atoms with Gasteiger partial charge in [-0.05, 0) is 0 Å². The fraction of sp³-hybridized carbons (Fsp3) is 1.00. The second-order valence-corrected chi connectivity index (χ2v) is 2.33. The van der Waals surface area contributed by atoms with E-state index in [0.717, 1.165) is 7.11 Å². The summed E-state index contributed by atoms with van der Waals surface area (Å²) in [5, 5.41) is 0. The highest BCUT2D eigenvalue weighted by molar-refractivity contribution is 6.48. The number of hydrogen-bond acceptors (Lipinski definition) is 4. The van der Waals surface area contributed by atoms with E-state index in [1.165, 1.54) is 0 Å². The van der Waals surface area contributed by atoms with E-state index in [2.05, 4.69) is 4.43 Å². The second-order valence-electron chi connectivity index (χ2n) is 0.778. The van der Waals surface area contributed by atoms with E-state index in [9.17, 15) is 0 Å². The van der Waals surface area contributed by atoms with Crippen LogP contribution in [0.4, 0.5) is 0 Å². The van der Waals surface area contributed by atoms with Gasteiger partial charge in [0.2, 0.25) is 0 Å². The zero-order chi connectivity index (χ0) is 5.21. The van der Waals surface area contributed by atoms with Crippen LogP contribution in [0.1, 0.15) is 0 Å². The van der Waals surface area contributed by atoms with E-state index >= 15 is 0 Å². The summed E-state index contributed by atoms with van der Waals surface area (Å²) in [6.07, 6.45) is 0. The quantitative estimate of drug-likeness (QED) is 0.347. The molecule has 4 nitrogen and oxygen atoms in total. The van der Waals surface area contributed by atoms with Crippen molar-refractivity contribution in [2.45, 2.75) is 0 Å². The van der Waals surface area contributed by atoms with Crippen molar-refractivity contribution in [2.75, 3.05) is 7.11 Å². The normalized spacial score (nSPS) is 9.00. The fourth-order valence-corrected chi connectivity index (χ4v) is 0. The van der Waals surface area contributed by atoms with Gasteiger partial charge in [0.15, 0.2) is 17.4 Å². The maximum absolute atomic E-state index is 7.85. The summed E-state index contributed by atoms with van der Waals surface area (Å²) in [6.45, 7) is 0. The maximum atomic E-state index is 7.85. The lowest BCUT2D eigenvalue weighted by Gasteiger charge is -2.01. The van der Waals surface area contributed by atoms with Gasteiger partial charge in [-0.25, -0.2) is 0 Å². The van der Waals surface area contributed by atoms with Crippen LogP contribution in [0.15, 0.2) is 0 Å². The largest absolute Gasteiger partial charge is 0.671 e. The molecule has 0 aliphatic rings. The summed E-state index contributed by atoms with van der Waals surface area (Å²) >= 11 is 0. The maximum Gasteiger partial charge on any atom is 0.671 e. The number of hydrogen-bond donors (Lipinski definition) is 3. The molecule has 0 fully saturated rings. The van der Waals surface area contributed by atoms with Crippen LogP contribution in [0.3, 0.4) is 0 Å². The van der Waals surface area contributed by atoms with Gasteiger partial charge in [-0.3, -0.25) is 0 Å². The molecule has 0 radical (unpaired) electrons. The molecule has 7 heteroatoms. The van der Waals surface area contributed by atoms with Crippen molar-refractivity contribution >= 4 is 49.5 Å². The third-order valence-corrected chi connectivity index (χ3v) is 0.822. The molecule has 0 aliphatic carbocycles. The average Bonchev–Trinajstić information content (AvgIpc) is 1.35. The van der Waals surface area contributed by atoms with Crippen molar-refractivity contribution in [3.05, 3.63) is 0 Å². The highest BCUT2D eigenvalue weighted by atomic mass is 28.4. The van der Waals surface area contributed by atoms with Crippen LogP contribution >= 0.6 is 0 Å². The molecule has 0 rings (SSSR count). The lowest BCUT2D eigenvalue weighted by molar-refractivity contribution is 0.0881. The van der Waals surface area contributed by atoms with Crippen LogP contribution in [0, 0.1) is 0 Å². The Bertz CT molecular complexity index is 45.8. The first kappa shape index (κ1) is 16.2. The Balaban J connectivity index is -0.000000125. The molecule has 48 valence electrons. The lowest BCUT2D eigenvalue weighted by atomic mass is 11.8. The minimum Gasteiger partial charge on any atom is -0.368 e. The fourth-order valence-electron chi connectivity index (χ4n) is 0. The molecule has 0 amide bonds. The lowest BCUT2D eigenvalue weighted by Crippen LogP contribution is -2.37. The van der Waals surface area contributed by atoms with Crippen LogP contribution in [-0.2, 0) is 4.43 Å². The number of rotatable bonds is 1. The van der Waals surface area contributed by atoms with Crippen molar-refractivity contribution in [3.8, 4) is 0 Å². The Morgan fingerprint density at radius 3 is 1.38 bits per heavy atom. The van der Waals surface area contributed by atoms with Gasteiger partial charge < -0.3 is 18.8 Å². The average molecular weight is 166 g/mol. The van der Waals surface area contributed by atoms with E-state index in [1.807, 2.05) is 0 Å². The minimum absolute atomic E-state index is 0. The third-order valence-electron chi connectivity index (χ3n) is 0.274. The second kappa shape index (κ2) is 6.48. The molecular formula is CH11AlMgO4Si. The molecule has 8 heavy (non-hydrogen) atoms. The van der Waals surface area contributed by atoms with Crippen LogP contribution in [0.2, 0.25) is 0 Å². The summed E-state index contributed by atoms with van der Waals surface area (Å²) < 4.78 is 3.74. The molecule has 0 aliphatic heterocycles. The van der Waals surface area contributed by atoms with Crippen molar-refractivity contribution in [2.24, 2.45) is 0 Å². The van der Waals surface area contributed by atoms with Crippen molar-refractivity contribution < 1.29 is 18.8 Å². The molecule has 0 spiro atoms. The monoisotopic (exact) mass is 166 g/mol. The topological polar surface area (TPSA) is 69.9 Å². The van der Waals surface area contributed by atoms with Crippen LogP contribution in [0.25, 0.3) is 0 Å². The first-order chi connectivity index (χ1) is 2.56. The summed E-state index contributed by atoms with van der Waals surface area (Å²) in [7, 11) is -3.11. The van der Waals surface area contributed by atoms with Gasteiger partial charge in [0.25, 0.3) is 0 Å². The third kappa shape index (κ3) is 15.7. The van der Waals surface area contributed by atoms with Gasteiger partial charge >= 0.3 is 32.1 Å². The Kier molecular flexibility index (Phi) is 13.1. The van der Waals surface area contributed by atoms with Gasteiger partial charge in [0.1, 0.15) is 0 Å². The molecule has 0 bridgehead atoms. The highest BCUT2D eigenvalue weighted by Crippen LogP contribution is 1.80. The first-order valence-corrected chi connectivity index (χ1v) is 3.03. The molecule has 0 saturated heterocycles.